The minimum absolute atomic E-state index is 0.0318. The summed E-state index contributed by atoms with van der Waals surface area (Å²) in [6.45, 7) is 4.53. The maximum absolute atomic E-state index is 12.8. The zero-order valence-corrected chi connectivity index (χ0v) is 14.7. The van der Waals surface area contributed by atoms with E-state index in [4.69, 9.17) is 5.73 Å². The van der Waals surface area contributed by atoms with Gasteiger partial charge in [-0.25, -0.2) is 8.42 Å². The van der Waals surface area contributed by atoms with E-state index in [1.54, 1.807) is 0 Å². The Labute approximate surface area is 137 Å². The van der Waals surface area contributed by atoms with Crippen molar-refractivity contribution in [2.75, 3.05) is 13.1 Å². The predicted molar refractivity (Wildman–Crippen MR) is 85.9 cm³/mol. The monoisotopic (exact) mass is 391 g/mol. The Morgan fingerprint density at radius 3 is 2.59 bits per heavy atom. The quantitative estimate of drug-likeness (QED) is 0.626. The van der Waals surface area contributed by atoms with Gasteiger partial charge in [-0.05, 0) is 33.8 Å². The molecule has 1 heterocycles. The topological polar surface area (TPSA) is 107 Å². The molecule has 0 spiro atoms. The lowest BCUT2D eigenvalue weighted by Gasteiger charge is -2.41. The van der Waals surface area contributed by atoms with Crippen LogP contribution in [0.3, 0.4) is 0 Å². The normalized spacial score (nSPS) is 22.5. The first-order chi connectivity index (χ1) is 10.1. The summed E-state index contributed by atoms with van der Waals surface area (Å²) < 4.78 is 27.1. The van der Waals surface area contributed by atoms with E-state index in [1.807, 2.05) is 13.8 Å². The van der Waals surface area contributed by atoms with E-state index in [1.165, 1.54) is 22.5 Å². The number of piperidine rings is 1. The number of benzene rings is 1. The average Bonchev–Trinajstić information content (AvgIpc) is 2.41. The summed E-state index contributed by atoms with van der Waals surface area (Å²) in [4.78, 5) is 10.2. The van der Waals surface area contributed by atoms with Crippen molar-refractivity contribution in [1.29, 1.82) is 0 Å². The molecule has 1 aliphatic rings. The molecule has 1 aromatic carbocycles. The van der Waals surface area contributed by atoms with Gasteiger partial charge in [0.15, 0.2) is 0 Å². The van der Waals surface area contributed by atoms with Crippen molar-refractivity contribution < 1.29 is 13.3 Å². The van der Waals surface area contributed by atoms with Crippen molar-refractivity contribution in [1.82, 2.24) is 4.31 Å². The van der Waals surface area contributed by atoms with Crippen molar-refractivity contribution in [3.05, 3.63) is 32.8 Å². The van der Waals surface area contributed by atoms with Crippen LogP contribution in [0.4, 0.5) is 5.69 Å². The Morgan fingerprint density at radius 1 is 1.45 bits per heavy atom. The summed E-state index contributed by atoms with van der Waals surface area (Å²) in [6, 6.07) is 3.60. The van der Waals surface area contributed by atoms with Crippen LogP contribution < -0.4 is 5.73 Å². The van der Waals surface area contributed by atoms with E-state index in [9.17, 15) is 18.5 Å². The molecular weight excluding hydrogens is 374 g/mol. The number of nitro groups is 1. The lowest BCUT2D eigenvalue weighted by Crippen LogP contribution is -2.53. The van der Waals surface area contributed by atoms with Gasteiger partial charge in [0.05, 0.1) is 9.82 Å². The second-order valence-electron chi connectivity index (χ2n) is 6.09. The fourth-order valence-corrected chi connectivity index (χ4v) is 5.13. The highest BCUT2D eigenvalue weighted by Crippen LogP contribution is 2.34. The van der Waals surface area contributed by atoms with Crippen LogP contribution in [-0.2, 0) is 10.0 Å². The highest BCUT2D eigenvalue weighted by atomic mass is 79.9. The molecule has 1 saturated heterocycles. The third-order valence-electron chi connectivity index (χ3n) is 4.02. The van der Waals surface area contributed by atoms with Crippen LogP contribution in [0, 0.1) is 15.5 Å². The van der Waals surface area contributed by atoms with Crippen LogP contribution in [0.5, 0.6) is 0 Å². The lowest BCUT2D eigenvalue weighted by atomic mass is 9.81. The van der Waals surface area contributed by atoms with Crippen LogP contribution in [0.2, 0.25) is 0 Å². The molecule has 122 valence electrons. The van der Waals surface area contributed by atoms with Crippen molar-refractivity contribution in [2.45, 2.75) is 31.2 Å². The minimum atomic E-state index is -3.72. The number of nitro benzene ring substituents is 1. The number of hydrogen-bond acceptors (Lipinski definition) is 5. The Hall–Kier alpha value is -1.03. The molecule has 1 unspecified atom stereocenters. The molecule has 1 atom stereocenters. The van der Waals surface area contributed by atoms with Crippen LogP contribution in [-0.4, -0.2) is 36.8 Å². The third kappa shape index (κ3) is 3.17. The van der Waals surface area contributed by atoms with Crippen LogP contribution in [0.25, 0.3) is 0 Å². The van der Waals surface area contributed by atoms with E-state index in [0.717, 1.165) is 0 Å². The Kier molecular flexibility index (Phi) is 4.63. The molecule has 0 saturated carbocycles. The van der Waals surface area contributed by atoms with E-state index >= 15 is 0 Å². The van der Waals surface area contributed by atoms with Crippen molar-refractivity contribution in [3.8, 4) is 0 Å². The molecule has 2 N–H and O–H groups in total. The molecule has 2 rings (SSSR count). The van der Waals surface area contributed by atoms with Crippen molar-refractivity contribution in [3.63, 3.8) is 0 Å². The van der Waals surface area contributed by atoms with Gasteiger partial charge in [0.2, 0.25) is 10.0 Å². The molecular formula is C13H18BrN3O4S. The van der Waals surface area contributed by atoms with E-state index < -0.39 is 14.9 Å². The number of sulfonamides is 1. The summed E-state index contributed by atoms with van der Waals surface area (Å²) in [5.41, 5.74) is 5.55. The summed E-state index contributed by atoms with van der Waals surface area (Å²) in [5.74, 6) is 0. The molecule has 9 heteroatoms. The van der Waals surface area contributed by atoms with Gasteiger partial charge >= 0.3 is 0 Å². The minimum Gasteiger partial charge on any atom is -0.327 e. The maximum atomic E-state index is 12.8. The summed E-state index contributed by atoms with van der Waals surface area (Å²) >= 11 is 3.12. The van der Waals surface area contributed by atoms with Crippen LogP contribution in [0.15, 0.2) is 27.6 Å². The van der Waals surface area contributed by atoms with Crippen LogP contribution >= 0.6 is 15.9 Å². The van der Waals surface area contributed by atoms with Gasteiger partial charge < -0.3 is 5.73 Å². The number of non-ortho nitro benzene ring substituents is 1. The second-order valence-corrected chi connectivity index (χ2v) is 8.85. The zero-order valence-electron chi connectivity index (χ0n) is 12.3. The molecule has 0 aromatic heterocycles. The van der Waals surface area contributed by atoms with Gasteiger partial charge in [-0.3, -0.25) is 10.1 Å². The summed E-state index contributed by atoms with van der Waals surface area (Å²) in [7, 11) is -3.72. The summed E-state index contributed by atoms with van der Waals surface area (Å²) in [5, 5.41) is 10.7. The smallest absolute Gasteiger partial charge is 0.270 e. The first kappa shape index (κ1) is 17.3. The Morgan fingerprint density at radius 2 is 2.09 bits per heavy atom. The maximum Gasteiger partial charge on any atom is 0.270 e. The van der Waals surface area contributed by atoms with E-state index in [-0.39, 0.29) is 26.5 Å². The molecule has 0 bridgehead atoms. The Balaban J connectivity index is 2.37. The number of rotatable bonds is 3. The average molecular weight is 392 g/mol. The molecule has 1 fully saturated rings. The highest BCUT2D eigenvalue weighted by Gasteiger charge is 2.39. The first-order valence-corrected chi connectivity index (χ1v) is 8.99. The first-order valence-electron chi connectivity index (χ1n) is 6.75. The van der Waals surface area contributed by atoms with Gasteiger partial charge in [0.25, 0.3) is 5.69 Å². The number of nitrogens with zero attached hydrogens (tertiary/aromatic N) is 2. The van der Waals surface area contributed by atoms with E-state index in [2.05, 4.69) is 15.9 Å². The van der Waals surface area contributed by atoms with Crippen molar-refractivity contribution >= 4 is 31.6 Å². The largest absolute Gasteiger partial charge is 0.327 e. The molecule has 0 aliphatic carbocycles. The fraction of sp³-hybridized carbons (Fsp3) is 0.538. The second kappa shape index (κ2) is 5.88. The SMILES string of the molecule is CC1(C)CN(S(=O)(=O)c2ccc([N+](=O)[O-])cc2Br)CCC1N. The van der Waals surface area contributed by atoms with E-state index in [0.29, 0.717) is 19.5 Å². The predicted octanol–water partition coefficient (Wildman–Crippen LogP) is 2.11. The molecule has 7 nitrogen and oxygen atoms in total. The molecule has 22 heavy (non-hydrogen) atoms. The highest BCUT2D eigenvalue weighted by molar-refractivity contribution is 9.10. The van der Waals surface area contributed by atoms with Gasteiger partial charge in [0, 0.05) is 35.7 Å². The Bertz CT molecular complexity index is 705. The standard InChI is InChI=1S/C13H18BrN3O4S/c1-13(2)8-16(6-5-12(13)15)22(20,21)11-4-3-9(17(18)19)7-10(11)14/h3-4,7,12H,5-6,8,15H2,1-2H3. The third-order valence-corrected chi connectivity index (χ3v) is 6.84. The molecule has 1 aliphatic heterocycles. The molecule has 0 amide bonds. The fourth-order valence-electron chi connectivity index (χ4n) is 2.48. The van der Waals surface area contributed by atoms with Gasteiger partial charge in [-0.1, -0.05) is 13.8 Å². The van der Waals surface area contributed by atoms with Crippen LogP contribution in [0.1, 0.15) is 20.3 Å². The summed E-state index contributed by atoms with van der Waals surface area (Å²) in [6.07, 6.45) is 0.580. The van der Waals surface area contributed by atoms with Gasteiger partial charge in [0.1, 0.15) is 0 Å². The molecule has 0 radical (unpaired) electrons. The molecule has 1 aromatic rings. The number of nitrogens with two attached hydrogens (primary N) is 1. The lowest BCUT2D eigenvalue weighted by molar-refractivity contribution is -0.385. The number of hydrogen-bond donors (Lipinski definition) is 1. The van der Waals surface area contributed by atoms with Gasteiger partial charge in [-0.15, -0.1) is 0 Å². The van der Waals surface area contributed by atoms with Crippen molar-refractivity contribution in [2.24, 2.45) is 11.1 Å². The van der Waals surface area contributed by atoms with Gasteiger partial charge in [-0.2, -0.15) is 4.31 Å². The number of halogens is 1. The zero-order chi connectivity index (χ0) is 16.7.